The zero-order chi connectivity index (χ0) is 16.7. The number of hydrogen-bond acceptors (Lipinski definition) is 4. The summed E-state index contributed by atoms with van der Waals surface area (Å²) in [6.07, 6.45) is 3.43. The van der Waals surface area contributed by atoms with Gasteiger partial charge in [-0.25, -0.2) is 0 Å². The van der Waals surface area contributed by atoms with Crippen molar-refractivity contribution in [1.29, 1.82) is 0 Å². The van der Waals surface area contributed by atoms with Crippen LogP contribution in [0.4, 0.5) is 0 Å². The van der Waals surface area contributed by atoms with Crippen LogP contribution in [0.2, 0.25) is 0 Å². The van der Waals surface area contributed by atoms with Gasteiger partial charge in [0.2, 0.25) is 0 Å². The van der Waals surface area contributed by atoms with E-state index in [1.54, 1.807) is 7.11 Å². The maximum Gasteiger partial charge on any atom is 0.165 e. The molecule has 0 radical (unpaired) electrons. The van der Waals surface area contributed by atoms with Crippen molar-refractivity contribution in [2.75, 3.05) is 40.4 Å². The highest BCUT2D eigenvalue weighted by Crippen LogP contribution is 2.32. The van der Waals surface area contributed by atoms with Gasteiger partial charge in [-0.15, -0.1) is 0 Å². The Labute approximate surface area is 141 Å². The van der Waals surface area contributed by atoms with Crippen molar-refractivity contribution < 1.29 is 9.47 Å². The molecule has 0 bridgehead atoms. The topological polar surface area (TPSA) is 24.9 Å². The molecular weight excluding hydrogens is 288 g/mol. The Balaban J connectivity index is 2.14. The second kappa shape index (κ2) is 9.14. The average molecular weight is 320 g/mol. The van der Waals surface area contributed by atoms with Crippen molar-refractivity contribution in [1.82, 2.24) is 9.80 Å². The van der Waals surface area contributed by atoms with E-state index in [1.807, 2.05) is 6.07 Å². The lowest BCUT2D eigenvalue weighted by Gasteiger charge is -2.28. The van der Waals surface area contributed by atoms with Crippen molar-refractivity contribution >= 4 is 0 Å². The highest BCUT2D eigenvalue weighted by atomic mass is 16.5. The molecule has 0 aromatic heterocycles. The van der Waals surface area contributed by atoms with Gasteiger partial charge in [0.15, 0.2) is 11.5 Å². The first kappa shape index (κ1) is 18.1. The first-order chi connectivity index (χ1) is 11.2. The lowest BCUT2D eigenvalue weighted by molar-refractivity contribution is 0.190. The quantitative estimate of drug-likeness (QED) is 0.719. The number of nitrogens with zero attached hydrogens (tertiary/aromatic N) is 2. The predicted octanol–water partition coefficient (Wildman–Crippen LogP) is 3.40. The van der Waals surface area contributed by atoms with Crippen molar-refractivity contribution in [3.63, 3.8) is 0 Å². The Hall–Kier alpha value is -1.26. The van der Waals surface area contributed by atoms with E-state index in [9.17, 15) is 0 Å². The number of likely N-dealkylation sites (N-methyl/N-ethyl adjacent to an activating group) is 1. The Morgan fingerprint density at radius 1 is 1.26 bits per heavy atom. The molecule has 1 atom stereocenters. The van der Waals surface area contributed by atoms with Gasteiger partial charge >= 0.3 is 0 Å². The van der Waals surface area contributed by atoms with Gasteiger partial charge in [0, 0.05) is 31.2 Å². The molecule has 1 aromatic carbocycles. The van der Waals surface area contributed by atoms with E-state index in [0.29, 0.717) is 6.04 Å². The second-order valence-corrected chi connectivity index (χ2v) is 6.59. The fourth-order valence-electron chi connectivity index (χ4n) is 3.20. The molecule has 0 aliphatic carbocycles. The molecular formula is C19H32N2O2. The third-order valence-corrected chi connectivity index (χ3v) is 4.58. The molecule has 1 aliphatic heterocycles. The molecule has 2 rings (SSSR count). The number of hydrogen-bond donors (Lipinski definition) is 0. The molecule has 0 unspecified atom stereocenters. The van der Waals surface area contributed by atoms with Gasteiger partial charge in [0.25, 0.3) is 0 Å². The van der Waals surface area contributed by atoms with Crippen LogP contribution in [0, 0.1) is 0 Å². The summed E-state index contributed by atoms with van der Waals surface area (Å²) in [6.45, 7) is 9.61. The largest absolute Gasteiger partial charge is 0.493 e. The Bertz CT molecular complexity index is 478. The number of para-hydroxylation sites is 1. The van der Waals surface area contributed by atoms with Crippen LogP contribution in [0.15, 0.2) is 18.2 Å². The van der Waals surface area contributed by atoms with Gasteiger partial charge < -0.3 is 14.4 Å². The van der Waals surface area contributed by atoms with Crippen LogP contribution in [-0.2, 0) is 6.54 Å². The van der Waals surface area contributed by atoms with E-state index in [1.165, 1.54) is 18.5 Å². The minimum atomic E-state index is 0.553. The summed E-state index contributed by atoms with van der Waals surface area (Å²) in [6, 6.07) is 6.78. The van der Waals surface area contributed by atoms with Crippen molar-refractivity contribution in [3.8, 4) is 11.5 Å². The summed E-state index contributed by atoms with van der Waals surface area (Å²) in [5.41, 5.74) is 1.23. The van der Waals surface area contributed by atoms with Crippen LogP contribution in [0.5, 0.6) is 11.5 Å². The lowest BCUT2D eigenvalue weighted by atomic mass is 10.1. The first-order valence-corrected chi connectivity index (χ1v) is 8.87. The maximum atomic E-state index is 6.07. The fourth-order valence-corrected chi connectivity index (χ4v) is 3.20. The Kier molecular flexibility index (Phi) is 7.18. The van der Waals surface area contributed by atoms with Gasteiger partial charge in [-0.1, -0.05) is 25.5 Å². The standard InChI is InChI=1S/C19H32N2O2/c1-5-6-13-23-19-17(9-7-10-18(19)22-4)15-21-12-8-11-20(3)14-16(21)2/h7,9-10,16H,5-6,8,11-15H2,1-4H3/t16-/m1/s1. The van der Waals surface area contributed by atoms with Crippen LogP contribution < -0.4 is 9.47 Å². The Morgan fingerprint density at radius 3 is 2.83 bits per heavy atom. The molecule has 0 N–H and O–H groups in total. The number of methoxy groups -OCH3 is 1. The summed E-state index contributed by atoms with van der Waals surface area (Å²) in [5.74, 6) is 1.77. The summed E-state index contributed by atoms with van der Waals surface area (Å²) in [7, 11) is 3.93. The highest BCUT2D eigenvalue weighted by Gasteiger charge is 2.21. The van der Waals surface area contributed by atoms with E-state index in [4.69, 9.17) is 9.47 Å². The van der Waals surface area contributed by atoms with Gasteiger partial charge in [-0.3, -0.25) is 4.90 Å². The summed E-state index contributed by atoms with van der Waals surface area (Å²) < 4.78 is 11.6. The van der Waals surface area contributed by atoms with E-state index < -0.39 is 0 Å². The van der Waals surface area contributed by atoms with Crippen molar-refractivity contribution in [3.05, 3.63) is 23.8 Å². The minimum absolute atomic E-state index is 0.553. The zero-order valence-electron chi connectivity index (χ0n) is 15.2. The molecule has 1 heterocycles. The van der Waals surface area contributed by atoms with Crippen LogP contribution in [0.3, 0.4) is 0 Å². The van der Waals surface area contributed by atoms with Crippen LogP contribution >= 0.6 is 0 Å². The second-order valence-electron chi connectivity index (χ2n) is 6.59. The molecule has 1 aromatic rings. The number of unbranched alkanes of at least 4 members (excludes halogenated alkanes) is 1. The fraction of sp³-hybridized carbons (Fsp3) is 0.684. The third-order valence-electron chi connectivity index (χ3n) is 4.58. The molecule has 1 fully saturated rings. The summed E-state index contributed by atoms with van der Waals surface area (Å²) in [4.78, 5) is 4.99. The van der Waals surface area contributed by atoms with Crippen LogP contribution in [-0.4, -0.2) is 56.2 Å². The normalized spacial score (nSPS) is 20.3. The smallest absolute Gasteiger partial charge is 0.165 e. The van der Waals surface area contributed by atoms with Crippen LogP contribution in [0.1, 0.15) is 38.7 Å². The molecule has 0 amide bonds. The average Bonchev–Trinajstić information content (AvgIpc) is 2.69. The SMILES string of the molecule is CCCCOc1c(CN2CCCN(C)C[C@H]2C)cccc1OC. The molecule has 130 valence electrons. The van der Waals surface area contributed by atoms with Gasteiger partial charge in [-0.05, 0) is 39.4 Å². The van der Waals surface area contributed by atoms with Crippen molar-refractivity contribution in [2.45, 2.75) is 45.7 Å². The van der Waals surface area contributed by atoms with Crippen LogP contribution in [0.25, 0.3) is 0 Å². The highest BCUT2D eigenvalue weighted by molar-refractivity contribution is 5.46. The minimum Gasteiger partial charge on any atom is -0.493 e. The van der Waals surface area contributed by atoms with Gasteiger partial charge in [-0.2, -0.15) is 0 Å². The maximum absolute atomic E-state index is 6.07. The van der Waals surface area contributed by atoms with E-state index in [2.05, 4.69) is 42.8 Å². The van der Waals surface area contributed by atoms with Crippen molar-refractivity contribution in [2.24, 2.45) is 0 Å². The number of ether oxygens (including phenoxy) is 2. The zero-order valence-corrected chi connectivity index (χ0v) is 15.2. The van der Waals surface area contributed by atoms with E-state index in [-0.39, 0.29) is 0 Å². The van der Waals surface area contributed by atoms with Gasteiger partial charge in [0.1, 0.15) is 0 Å². The van der Waals surface area contributed by atoms with Gasteiger partial charge in [0.05, 0.1) is 13.7 Å². The van der Waals surface area contributed by atoms with E-state index in [0.717, 1.165) is 50.6 Å². The molecule has 0 spiro atoms. The Morgan fingerprint density at radius 2 is 2.09 bits per heavy atom. The molecule has 23 heavy (non-hydrogen) atoms. The molecule has 4 nitrogen and oxygen atoms in total. The third kappa shape index (κ3) is 5.11. The number of rotatable bonds is 7. The predicted molar refractivity (Wildman–Crippen MR) is 95.4 cm³/mol. The molecule has 1 aliphatic rings. The molecule has 4 heteroatoms. The monoisotopic (exact) mass is 320 g/mol. The van der Waals surface area contributed by atoms with E-state index >= 15 is 0 Å². The lowest BCUT2D eigenvalue weighted by Crippen LogP contribution is -2.37. The summed E-state index contributed by atoms with van der Waals surface area (Å²) >= 11 is 0. The molecule has 0 saturated carbocycles. The number of benzene rings is 1. The molecule has 1 saturated heterocycles. The first-order valence-electron chi connectivity index (χ1n) is 8.87. The summed E-state index contributed by atoms with van der Waals surface area (Å²) in [5, 5.41) is 0.